The van der Waals surface area contributed by atoms with E-state index in [0.717, 1.165) is 17.0 Å². The number of pyridine rings is 1. The summed E-state index contributed by atoms with van der Waals surface area (Å²) in [6.07, 6.45) is 0. The van der Waals surface area contributed by atoms with E-state index in [2.05, 4.69) is 0 Å². The summed E-state index contributed by atoms with van der Waals surface area (Å²) in [6.45, 7) is 0. The number of carbonyl (C=O) groups is 3. The number of aromatic nitrogens is 1. The van der Waals surface area contributed by atoms with Crippen LogP contribution in [0.2, 0.25) is 0 Å². The van der Waals surface area contributed by atoms with Gasteiger partial charge in [-0.1, -0.05) is 42.5 Å². The number of hydrogen-bond acceptors (Lipinski definition) is 6. The number of amides is 2. The number of fused-ring (bicyclic) bond motifs is 1. The first-order chi connectivity index (χ1) is 19.8. The van der Waals surface area contributed by atoms with E-state index >= 15 is 0 Å². The predicted molar refractivity (Wildman–Crippen MR) is 151 cm³/mol. The van der Waals surface area contributed by atoms with Gasteiger partial charge in [-0.25, -0.2) is 14.1 Å². The van der Waals surface area contributed by atoms with Gasteiger partial charge < -0.3 is 14.0 Å². The molecule has 0 aliphatic rings. The van der Waals surface area contributed by atoms with Crippen LogP contribution in [-0.2, 0) is 7.05 Å². The van der Waals surface area contributed by atoms with Crippen LogP contribution in [0.3, 0.4) is 0 Å². The summed E-state index contributed by atoms with van der Waals surface area (Å²) < 4.78 is 26.3. The van der Waals surface area contributed by atoms with Crippen LogP contribution in [0, 0.1) is 5.82 Å². The number of hydrogen-bond donors (Lipinski definition) is 0. The largest absolute Gasteiger partial charge is 0.496 e. The van der Waals surface area contributed by atoms with Crippen molar-refractivity contribution in [2.75, 3.05) is 12.0 Å². The summed E-state index contributed by atoms with van der Waals surface area (Å²) in [7, 11) is 2.85. The minimum Gasteiger partial charge on any atom is -0.496 e. The maximum absolute atomic E-state index is 14.4. The molecule has 0 aliphatic carbocycles. The van der Waals surface area contributed by atoms with Crippen molar-refractivity contribution < 1.29 is 28.2 Å². The Hall–Kier alpha value is -5.57. The second-order valence-corrected chi connectivity index (χ2v) is 8.97. The second kappa shape index (κ2) is 11.3. The molecule has 0 fully saturated rings. The zero-order chi connectivity index (χ0) is 29.1. The van der Waals surface area contributed by atoms with Gasteiger partial charge in [0.25, 0.3) is 17.4 Å². The van der Waals surface area contributed by atoms with Crippen LogP contribution >= 0.6 is 0 Å². The number of halogens is 1. The summed E-state index contributed by atoms with van der Waals surface area (Å²) in [5.74, 6) is -3.41. The number of anilines is 1. The molecule has 0 aliphatic heterocycles. The Labute approximate surface area is 233 Å². The Bertz CT molecular complexity index is 1830. The van der Waals surface area contributed by atoms with Crippen LogP contribution in [0.1, 0.15) is 31.1 Å². The molecule has 0 saturated carbocycles. The van der Waals surface area contributed by atoms with Crippen molar-refractivity contribution in [2.45, 2.75) is 0 Å². The molecule has 0 spiro atoms. The predicted octanol–water partition coefficient (Wildman–Crippen LogP) is 5.39. The normalized spacial score (nSPS) is 10.7. The van der Waals surface area contributed by atoms with Crippen LogP contribution in [0.25, 0.3) is 10.9 Å². The quantitative estimate of drug-likeness (QED) is 0.208. The lowest BCUT2D eigenvalue weighted by Crippen LogP contribution is -2.41. The zero-order valence-corrected chi connectivity index (χ0v) is 22.0. The summed E-state index contributed by atoms with van der Waals surface area (Å²) in [4.78, 5) is 56.0. The number of imide groups is 1. The number of nitrogens with zero attached hydrogens (tertiary/aromatic N) is 2. The first-order valence-electron chi connectivity index (χ1n) is 12.5. The van der Waals surface area contributed by atoms with Gasteiger partial charge in [-0.15, -0.1) is 0 Å². The van der Waals surface area contributed by atoms with Crippen molar-refractivity contribution in [3.8, 4) is 11.5 Å². The fraction of sp³-hybridized carbons (Fsp3) is 0.0625. The van der Waals surface area contributed by atoms with E-state index in [1.165, 1.54) is 55.1 Å². The third-order valence-corrected chi connectivity index (χ3v) is 6.49. The van der Waals surface area contributed by atoms with E-state index in [1.807, 2.05) is 0 Å². The fourth-order valence-corrected chi connectivity index (χ4v) is 4.45. The Morgan fingerprint density at radius 1 is 0.756 bits per heavy atom. The molecule has 0 N–H and O–H groups in total. The smallest absolute Gasteiger partial charge is 0.343 e. The van der Waals surface area contributed by atoms with Crippen molar-refractivity contribution in [1.82, 2.24) is 4.57 Å². The minimum atomic E-state index is -1.07. The Morgan fingerprint density at radius 2 is 1.37 bits per heavy atom. The lowest BCUT2D eigenvalue weighted by atomic mass is 10.1. The molecule has 1 aromatic heterocycles. The van der Waals surface area contributed by atoms with Crippen LogP contribution in [0.5, 0.6) is 11.5 Å². The molecule has 0 atom stereocenters. The summed E-state index contributed by atoms with van der Waals surface area (Å²) >= 11 is 0. The molecule has 0 unspecified atom stereocenters. The standard InChI is InChI=1S/C32H23FN2O6/c1-34-24-14-9-15-25(40-2)26(24)28(41-32(39)21-12-7-4-8-13-21)27(30(34)37)31(38)35(23-18-16-22(33)17-19-23)29(36)20-10-5-3-6-11-20/h3-19H,1-2H3. The number of benzene rings is 4. The van der Waals surface area contributed by atoms with Gasteiger partial charge in [0, 0.05) is 12.6 Å². The molecule has 5 aromatic rings. The molecule has 41 heavy (non-hydrogen) atoms. The number of carbonyl (C=O) groups excluding carboxylic acids is 3. The SMILES string of the molecule is COc1cccc2c1c(OC(=O)c1ccccc1)c(C(=O)N(C(=O)c1ccccc1)c1ccc(F)cc1)c(=O)n2C. The van der Waals surface area contributed by atoms with Gasteiger partial charge in [0.15, 0.2) is 5.75 Å². The third-order valence-electron chi connectivity index (χ3n) is 6.49. The van der Waals surface area contributed by atoms with E-state index in [0.29, 0.717) is 5.52 Å². The van der Waals surface area contributed by atoms with Gasteiger partial charge in [0.05, 0.1) is 29.3 Å². The van der Waals surface area contributed by atoms with E-state index in [1.54, 1.807) is 54.6 Å². The second-order valence-electron chi connectivity index (χ2n) is 8.97. The molecule has 9 heteroatoms. The average molecular weight is 551 g/mol. The van der Waals surface area contributed by atoms with E-state index in [9.17, 15) is 23.6 Å². The Morgan fingerprint density at radius 3 is 1.98 bits per heavy atom. The molecule has 2 amide bonds. The molecule has 0 bridgehead atoms. The monoisotopic (exact) mass is 550 g/mol. The Kier molecular flexibility index (Phi) is 7.43. The number of esters is 1. The van der Waals surface area contributed by atoms with E-state index in [-0.39, 0.29) is 33.7 Å². The van der Waals surface area contributed by atoms with Gasteiger partial charge in [-0.05, 0) is 60.7 Å². The number of aryl methyl sites for hydroxylation is 1. The first-order valence-corrected chi connectivity index (χ1v) is 12.5. The molecule has 0 radical (unpaired) electrons. The van der Waals surface area contributed by atoms with E-state index in [4.69, 9.17) is 9.47 Å². The Balaban J connectivity index is 1.79. The van der Waals surface area contributed by atoms with Crippen LogP contribution in [0.15, 0.2) is 108 Å². The highest BCUT2D eigenvalue weighted by Crippen LogP contribution is 2.37. The highest BCUT2D eigenvalue weighted by Gasteiger charge is 2.34. The van der Waals surface area contributed by atoms with Gasteiger partial charge in [0.2, 0.25) is 0 Å². The maximum Gasteiger partial charge on any atom is 0.343 e. The molecule has 0 saturated heterocycles. The first kappa shape index (κ1) is 27.0. The summed E-state index contributed by atoms with van der Waals surface area (Å²) in [5.41, 5.74) is -0.757. The average Bonchev–Trinajstić information content (AvgIpc) is 3.01. The van der Waals surface area contributed by atoms with Gasteiger partial charge in [0.1, 0.15) is 17.1 Å². The van der Waals surface area contributed by atoms with E-state index < -0.39 is 34.7 Å². The van der Waals surface area contributed by atoms with Gasteiger partial charge in [-0.3, -0.25) is 14.4 Å². The molecule has 5 rings (SSSR count). The third kappa shape index (κ3) is 5.08. The van der Waals surface area contributed by atoms with Crippen molar-refractivity contribution in [3.05, 3.63) is 136 Å². The highest BCUT2D eigenvalue weighted by molar-refractivity contribution is 6.27. The van der Waals surface area contributed by atoms with Crippen molar-refractivity contribution in [2.24, 2.45) is 7.05 Å². The van der Waals surface area contributed by atoms with Crippen LogP contribution in [-0.4, -0.2) is 29.5 Å². The molecule has 204 valence electrons. The summed E-state index contributed by atoms with van der Waals surface area (Å²) in [5, 5.41) is 0.177. The molecule has 1 heterocycles. The molecule has 4 aromatic carbocycles. The lowest BCUT2D eigenvalue weighted by molar-refractivity contribution is 0.0734. The number of methoxy groups -OCH3 is 1. The number of ether oxygens (including phenoxy) is 2. The topological polar surface area (TPSA) is 94.9 Å². The minimum absolute atomic E-state index is 0.00719. The van der Waals surface area contributed by atoms with Crippen molar-refractivity contribution in [3.63, 3.8) is 0 Å². The fourth-order valence-electron chi connectivity index (χ4n) is 4.45. The highest BCUT2D eigenvalue weighted by atomic mass is 19.1. The molecule has 8 nitrogen and oxygen atoms in total. The van der Waals surface area contributed by atoms with Crippen molar-refractivity contribution >= 4 is 34.4 Å². The van der Waals surface area contributed by atoms with Crippen LogP contribution in [0.4, 0.5) is 10.1 Å². The number of rotatable bonds is 6. The molecular formula is C32H23FN2O6. The van der Waals surface area contributed by atoms with Crippen molar-refractivity contribution in [1.29, 1.82) is 0 Å². The lowest BCUT2D eigenvalue weighted by Gasteiger charge is -2.23. The van der Waals surface area contributed by atoms with Gasteiger partial charge in [-0.2, -0.15) is 0 Å². The zero-order valence-electron chi connectivity index (χ0n) is 22.0. The van der Waals surface area contributed by atoms with Gasteiger partial charge >= 0.3 is 5.97 Å². The maximum atomic E-state index is 14.4. The molecular weight excluding hydrogens is 527 g/mol. The summed E-state index contributed by atoms with van der Waals surface area (Å²) in [6, 6.07) is 25.5. The van der Waals surface area contributed by atoms with Crippen LogP contribution < -0.4 is 19.9 Å².